The highest BCUT2D eigenvalue weighted by molar-refractivity contribution is 5.94. The Kier molecular flexibility index (Phi) is 3.82. The van der Waals surface area contributed by atoms with Crippen LogP contribution in [0.1, 0.15) is 46.0 Å². The highest BCUT2D eigenvalue weighted by Gasteiger charge is 2.57. The largest absolute Gasteiger partial charge is 0.343 e. The Hall–Kier alpha value is -1.32. The van der Waals surface area contributed by atoms with Crippen LogP contribution in [-0.4, -0.2) is 35.8 Å². The van der Waals surface area contributed by atoms with Crippen molar-refractivity contribution in [3.63, 3.8) is 0 Å². The molecule has 0 radical (unpaired) electrons. The van der Waals surface area contributed by atoms with Crippen LogP contribution in [0, 0.1) is 23.7 Å². The third-order valence-electron chi connectivity index (χ3n) is 6.68. The molecule has 0 heterocycles. The first-order chi connectivity index (χ1) is 10.3. The van der Waals surface area contributed by atoms with Gasteiger partial charge in [-0.2, -0.15) is 0 Å². The maximum Gasteiger partial charge on any atom is 0.246 e. The predicted molar refractivity (Wildman–Crippen MR) is 86.0 cm³/mol. The van der Waals surface area contributed by atoms with E-state index in [0.29, 0.717) is 17.4 Å². The van der Waals surface area contributed by atoms with E-state index in [0.717, 1.165) is 11.8 Å². The smallest absolute Gasteiger partial charge is 0.246 e. The number of nitrogens with one attached hydrogen (secondary N) is 1. The molecule has 22 heavy (non-hydrogen) atoms. The Labute approximate surface area is 133 Å². The number of rotatable bonds is 4. The maximum absolute atomic E-state index is 12.6. The summed E-state index contributed by atoms with van der Waals surface area (Å²) >= 11 is 0. The van der Waals surface area contributed by atoms with Crippen LogP contribution in [-0.2, 0) is 9.59 Å². The van der Waals surface area contributed by atoms with Crippen molar-refractivity contribution in [2.45, 2.75) is 51.5 Å². The lowest BCUT2D eigenvalue weighted by Crippen LogP contribution is -2.65. The van der Waals surface area contributed by atoms with Crippen molar-refractivity contribution in [2.75, 3.05) is 13.6 Å². The van der Waals surface area contributed by atoms with Crippen LogP contribution in [0.4, 0.5) is 0 Å². The highest BCUT2D eigenvalue weighted by Crippen LogP contribution is 2.59. The highest BCUT2D eigenvalue weighted by atomic mass is 16.2. The summed E-state index contributed by atoms with van der Waals surface area (Å²) in [5.74, 6) is 2.83. The Morgan fingerprint density at radius 3 is 2.09 bits per heavy atom. The van der Waals surface area contributed by atoms with Gasteiger partial charge in [0.2, 0.25) is 11.8 Å². The molecule has 0 aliphatic heterocycles. The minimum absolute atomic E-state index is 0.0181. The molecule has 0 aromatic heterocycles. The van der Waals surface area contributed by atoms with Gasteiger partial charge in [-0.25, -0.2) is 0 Å². The van der Waals surface area contributed by atoms with E-state index in [1.165, 1.54) is 32.1 Å². The van der Waals surface area contributed by atoms with E-state index >= 15 is 0 Å². The van der Waals surface area contributed by atoms with E-state index < -0.39 is 0 Å². The summed E-state index contributed by atoms with van der Waals surface area (Å²) in [4.78, 5) is 26.1. The van der Waals surface area contributed by atoms with Crippen LogP contribution in [0.2, 0.25) is 0 Å². The molecule has 4 aliphatic carbocycles. The molecular formula is C18H28N2O2. The molecule has 0 atom stereocenters. The number of hydrogen-bond donors (Lipinski definition) is 1. The fourth-order valence-electron chi connectivity index (χ4n) is 5.38. The van der Waals surface area contributed by atoms with Crippen LogP contribution >= 0.6 is 0 Å². The van der Waals surface area contributed by atoms with Crippen molar-refractivity contribution in [3.05, 3.63) is 12.2 Å². The van der Waals surface area contributed by atoms with Gasteiger partial charge in [-0.1, -0.05) is 6.58 Å². The van der Waals surface area contributed by atoms with Crippen LogP contribution in [0.15, 0.2) is 12.2 Å². The molecule has 0 aromatic rings. The number of likely N-dealkylation sites (N-methyl/N-ethyl adjacent to an activating group) is 1. The first-order valence-electron chi connectivity index (χ1n) is 8.52. The third kappa shape index (κ3) is 2.37. The van der Waals surface area contributed by atoms with Crippen molar-refractivity contribution < 1.29 is 9.59 Å². The Bertz CT molecular complexity index is 483. The molecule has 4 nitrogen and oxygen atoms in total. The standard InChI is InChI=1S/C18H28N2O2/c1-11(2)17(22)19-10-16(21)20(4)18(3)14-6-12-5-13(8-14)9-15(18)7-12/h12-15H,1,5-10H2,2-4H3,(H,19,22). The molecule has 4 rings (SSSR count). The van der Waals surface area contributed by atoms with Crippen molar-refractivity contribution in [1.82, 2.24) is 10.2 Å². The van der Waals surface area contributed by atoms with Gasteiger partial charge in [0.05, 0.1) is 6.54 Å². The van der Waals surface area contributed by atoms with Gasteiger partial charge in [0.1, 0.15) is 0 Å². The van der Waals surface area contributed by atoms with Gasteiger partial charge in [0.15, 0.2) is 0 Å². The first kappa shape index (κ1) is 15.6. The summed E-state index contributed by atoms with van der Waals surface area (Å²) in [6, 6.07) is 0. The predicted octanol–water partition coefficient (Wildman–Crippen LogP) is 2.35. The zero-order chi connectivity index (χ0) is 16.1. The molecule has 0 spiro atoms. The summed E-state index contributed by atoms with van der Waals surface area (Å²) in [5.41, 5.74) is 0.412. The quantitative estimate of drug-likeness (QED) is 0.811. The number of nitrogens with zero attached hydrogens (tertiary/aromatic N) is 1. The number of hydrogen-bond acceptors (Lipinski definition) is 2. The van der Waals surface area contributed by atoms with Crippen LogP contribution in [0.25, 0.3) is 0 Å². The van der Waals surface area contributed by atoms with Crippen molar-refractivity contribution in [1.29, 1.82) is 0 Å². The molecule has 1 N–H and O–H groups in total. The molecule has 122 valence electrons. The molecular weight excluding hydrogens is 276 g/mol. The Morgan fingerprint density at radius 2 is 1.64 bits per heavy atom. The molecule has 0 saturated heterocycles. The minimum Gasteiger partial charge on any atom is -0.343 e. The van der Waals surface area contributed by atoms with Crippen molar-refractivity contribution >= 4 is 11.8 Å². The summed E-state index contributed by atoms with van der Waals surface area (Å²) in [6.07, 6.45) is 6.52. The lowest BCUT2D eigenvalue weighted by atomic mass is 9.48. The zero-order valence-electron chi connectivity index (χ0n) is 14.0. The van der Waals surface area contributed by atoms with Gasteiger partial charge in [-0.05, 0) is 69.6 Å². The van der Waals surface area contributed by atoms with E-state index in [1.807, 2.05) is 11.9 Å². The Morgan fingerprint density at radius 1 is 1.14 bits per heavy atom. The molecule has 2 amide bonds. The normalized spacial score (nSPS) is 38.7. The fraction of sp³-hybridized carbons (Fsp3) is 0.778. The van der Waals surface area contributed by atoms with Crippen LogP contribution in [0.5, 0.6) is 0 Å². The number of carbonyl (C=O) groups is 2. The van der Waals surface area contributed by atoms with E-state index in [4.69, 9.17) is 0 Å². The second-order valence-corrected chi connectivity index (χ2v) is 7.95. The third-order valence-corrected chi connectivity index (χ3v) is 6.68. The topological polar surface area (TPSA) is 49.4 Å². The average molecular weight is 304 g/mol. The second-order valence-electron chi connectivity index (χ2n) is 7.95. The lowest BCUT2D eigenvalue weighted by Gasteiger charge is -2.62. The van der Waals surface area contributed by atoms with Crippen LogP contribution in [0.3, 0.4) is 0 Å². The minimum atomic E-state index is -0.239. The lowest BCUT2D eigenvalue weighted by molar-refractivity contribution is -0.156. The fourth-order valence-corrected chi connectivity index (χ4v) is 5.38. The number of carbonyl (C=O) groups excluding carboxylic acids is 2. The van der Waals surface area contributed by atoms with E-state index in [-0.39, 0.29) is 23.9 Å². The molecule has 0 aromatic carbocycles. The number of amides is 2. The molecule has 4 fully saturated rings. The average Bonchev–Trinajstić information content (AvgIpc) is 2.47. The molecule has 4 bridgehead atoms. The molecule has 4 saturated carbocycles. The van der Waals surface area contributed by atoms with E-state index in [2.05, 4.69) is 18.8 Å². The maximum atomic E-state index is 12.6. The van der Waals surface area contributed by atoms with Gasteiger partial charge in [-0.3, -0.25) is 9.59 Å². The molecule has 4 heteroatoms. The molecule has 4 aliphatic rings. The van der Waals surface area contributed by atoms with Crippen molar-refractivity contribution in [2.24, 2.45) is 23.7 Å². The van der Waals surface area contributed by atoms with Gasteiger partial charge in [0, 0.05) is 18.2 Å². The summed E-state index contributed by atoms with van der Waals surface area (Å²) in [7, 11) is 1.93. The van der Waals surface area contributed by atoms with E-state index in [1.54, 1.807) is 6.92 Å². The monoisotopic (exact) mass is 304 g/mol. The summed E-state index contributed by atoms with van der Waals surface area (Å²) in [5, 5.41) is 2.67. The van der Waals surface area contributed by atoms with Crippen LogP contribution < -0.4 is 5.32 Å². The van der Waals surface area contributed by atoms with E-state index in [9.17, 15) is 9.59 Å². The van der Waals surface area contributed by atoms with Gasteiger partial charge >= 0.3 is 0 Å². The second kappa shape index (κ2) is 5.39. The van der Waals surface area contributed by atoms with Gasteiger partial charge in [-0.15, -0.1) is 0 Å². The van der Waals surface area contributed by atoms with Crippen molar-refractivity contribution in [3.8, 4) is 0 Å². The zero-order valence-corrected chi connectivity index (χ0v) is 14.0. The Balaban J connectivity index is 1.68. The molecule has 0 unspecified atom stereocenters. The summed E-state index contributed by atoms with van der Waals surface area (Å²) in [6.45, 7) is 7.61. The van der Waals surface area contributed by atoms with Gasteiger partial charge < -0.3 is 10.2 Å². The first-order valence-corrected chi connectivity index (χ1v) is 8.52. The SMILES string of the molecule is C=C(C)C(=O)NCC(=O)N(C)C1(C)C2CC3CC(C2)CC1C3. The van der Waals surface area contributed by atoms with Gasteiger partial charge in [0.25, 0.3) is 0 Å². The summed E-state index contributed by atoms with van der Waals surface area (Å²) < 4.78 is 0.